The molecule has 1 heterocycles. The molecule has 3 rings (SSSR count). The van der Waals surface area contributed by atoms with Gasteiger partial charge in [-0.15, -0.1) is 0 Å². The lowest BCUT2D eigenvalue weighted by Crippen LogP contribution is -2.43. The zero-order valence-corrected chi connectivity index (χ0v) is 19.4. The molecule has 0 bridgehead atoms. The van der Waals surface area contributed by atoms with Crippen molar-refractivity contribution in [1.82, 2.24) is 10.4 Å². The molecule has 2 amide bonds. The van der Waals surface area contributed by atoms with Crippen LogP contribution in [-0.4, -0.2) is 58.5 Å². The molecule has 1 atom stereocenters. The average Bonchev–Trinajstić information content (AvgIpc) is 2.87. The highest BCUT2D eigenvalue weighted by molar-refractivity contribution is 5.95. The van der Waals surface area contributed by atoms with Crippen molar-refractivity contribution in [1.29, 1.82) is 0 Å². The summed E-state index contributed by atoms with van der Waals surface area (Å²) in [6, 6.07) is 11.8. The Hall–Kier alpha value is -4.84. The van der Waals surface area contributed by atoms with E-state index in [1.165, 1.54) is 5.01 Å². The third-order valence-corrected chi connectivity index (χ3v) is 4.70. The Morgan fingerprint density at radius 1 is 0.944 bits per heavy atom. The lowest BCUT2D eigenvalue weighted by molar-refractivity contribution is -0.134. The first-order chi connectivity index (χ1) is 17.1. The molecule has 0 saturated carbocycles. The van der Waals surface area contributed by atoms with Gasteiger partial charge in [0.25, 0.3) is 5.91 Å². The Morgan fingerprint density at radius 2 is 1.56 bits per heavy atom. The maximum atomic E-state index is 12.8. The molecule has 1 aliphatic heterocycles. The smallest absolute Gasteiger partial charge is 0.409 e. The second-order valence-corrected chi connectivity index (χ2v) is 7.11. The summed E-state index contributed by atoms with van der Waals surface area (Å²) in [5.74, 6) is -1.50. The summed E-state index contributed by atoms with van der Waals surface area (Å²) in [6.45, 7) is 0. The third kappa shape index (κ3) is 8.18. The lowest BCUT2D eigenvalue weighted by atomic mass is 10.0. The highest BCUT2D eigenvalue weighted by atomic mass is 16.5. The van der Waals surface area contributed by atoms with Crippen LogP contribution in [0, 0.1) is 0 Å². The van der Waals surface area contributed by atoms with Gasteiger partial charge in [0, 0.05) is 29.6 Å². The summed E-state index contributed by atoms with van der Waals surface area (Å²) in [7, 11) is 3.16. The molecule has 5 N–H and O–H groups in total. The van der Waals surface area contributed by atoms with Gasteiger partial charge in [-0.1, -0.05) is 12.1 Å². The van der Waals surface area contributed by atoms with E-state index in [1.807, 2.05) is 24.3 Å². The van der Waals surface area contributed by atoms with Gasteiger partial charge >= 0.3 is 18.0 Å². The SMILES string of the molecule is COc1ccc(C2CC=CN(C(=O)c3ccc(NC(=O)O)cc3)N2)cc1OC.O=C(O)C=CC(=O)O. The van der Waals surface area contributed by atoms with Crippen LogP contribution in [0.4, 0.5) is 10.5 Å². The number of hydrogen-bond donors (Lipinski definition) is 5. The largest absolute Gasteiger partial charge is 0.493 e. The number of carbonyl (C=O) groups is 4. The molecule has 0 spiro atoms. The number of carbonyl (C=O) groups excluding carboxylic acids is 1. The number of ether oxygens (including phenoxy) is 2. The molecule has 12 heteroatoms. The number of benzene rings is 2. The van der Waals surface area contributed by atoms with E-state index in [0.29, 0.717) is 41.3 Å². The number of carboxylic acid groups (broad SMARTS) is 3. The van der Waals surface area contributed by atoms with Gasteiger partial charge in [0.2, 0.25) is 0 Å². The zero-order valence-electron chi connectivity index (χ0n) is 19.4. The molecule has 2 aromatic rings. The highest BCUT2D eigenvalue weighted by Crippen LogP contribution is 2.32. The van der Waals surface area contributed by atoms with Gasteiger partial charge in [-0.3, -0.25) is 10.1 Å². The minimum absolute atomic E-state index is 0.110. The van der Waals surface area contributed by atoms with E-state index in [4.69, 9.17) is 24.8 Å². The predicted octanol–water partition coefficient (Wildman–Crippen LogP) is 3.11. The van der Waals surface area contributed by atoms with Gasteiger partial charge in [0.15, 0.2) is 11.5 Å². The molecule has 0 aromatic heterocycles. The number of rotatable bonds is 7. The van der Waals surface area contributed by atoms with E-state index in [-0.39, 0.29) is 11.9 Å². The van der Waals surface area contributed by atoms with Crippen LogP contribution in [-0.2, 0) is 9.59 Å². The number of hydrogen-bond acceptors (Lipinski definition) is 7. The molecule has 190 valence electrons. The fourth-order valence-corrected chi connectivity index (χ4v) is 3.07. The predicted molar refractivity (Wildman–Crippen MR) is 128 cm³/mol. The first-order valence-electron chi connectivity index (χ1n) is 10.4. The van der Waals surface area contributed by atoms with Crippen LogP contribution in [0.1, 0.15) is 28.4 Å². The molecular formula is C24H25N3O9. The number of carboxylic acids is 2. The van der Waals surface area contributed by atoms with Crippen molar-refractivity contribution in [3.05, 3.63) is 78.0 Å². The first-order valence-corrected chi connectivity index (χ1v) is 10.4. The van der Waals surface area contributed by atoms with E-state index < -0.39 is 18.0 Å². The Morgan fingerprint density at radius 3 is 2.08 bits per heavy atom. The van der Waals surface area contributed by atoms with Gasteiger partial charge in [0.1, 0.15) is 0 Å². The van der Waals surface area contributed by atoms with E-state index in [0.717, 1.165) is 5.56 Å². The summed E-state index contributed by atoms with van der Waals surface area (Å²) in [6.07, 6.45) is 4.27. The van der Waals surface area contributed by atoms with Crippen LogP contribution in [0.25, 0.3) is 0 Å². The van der Waals surface area contributed by atoms with Crippen molar-refractivity contribution in [2.75, 3.05) is 19.5 Å². The number of methoxy groups -OCH3 is 2. The van der Waals surface area contributed by atoms with Crippen molar-refractivity contribution >= 4 is 29.6 Å². The molecule has 0 aliphatic carbocycles. The van der Waals surface area contributed by atoms with Crippen LogP contribution < -0.4 is 20.2 Å². The van der Waals surface area contributed by atoms with E-state index >= 15 is 0 Å². The lowest BCUT2D eigenvalue weighted by Gasteiger charge is -2.30. The van der Waals surface area contributed by atoms with Crippen molar-refractivity contribution < 1.29 is 44.0 Å². The van der Waals surface area contributed by atoms with Gasteiger partial charge in [0.05, 0.1) is 20.3 Å². The zero-order chi connectivity index (χ0) is 26.7. The van der Waals surface area contributed by atoms with E-state index in [1.54, 1.807) is 44.7 Å². The summed E-state index contributed by atoms with van der Waals surface area (Å²) < 4.78 is 10.6. The maximum Gasteiger partial charge on any atom is 0.409 e. The average molecular weight is 499 g/mol. The molecule has 2 aromatic carbocycles. The molecule has 1 aliphatic rings. The minimum atomic E-state index is -1.26. The molecular weight excluding hydrogens is 474 g/mol. The monoisotopic (exact) mass is 499 g/mol. The van der Waals surface area contributed by atoms with Crippen LogP contribution >= 0.6 is 0 Å². The van der Waals surface area contributed by atoms with Crippen LogP contribution in [0.3, 0.4) is 0 Å². The molecule has 36 heavy (non-hydrogen) atoms. The maximum absolute atomic E-state index is 12.8. The van der Waals surface area contributed by atoms with Crippen molar-refractivity contribution in [3.63, 3.8) is 0 Å². The van der Waals surface area contributed by atoms with E-state index in [9.17, 15) is 19.2 Å². The fraction of sp³-hybridized carbons (Fsp3) is 0.167. The quantitative estimate of drug-likeness (QED) is 0.356. The van der Waals surface area contributed by atoms with E-state index in [2.05, 4.69) is 10.7 Å². The number of nitrogens with zero attached hydrogens (tertiary/aromatic N) is 1. The Bertz CT molecular complexity index is 1140. The second kappa shape index (κ2) is 13.2. The van der Waals surface area contributed by atoms with Gasteiger partial charge in [-0.25, -0.2) is 24.8 Å². The molecule has 1 unspecified atom stereocenters. The van der Waals surface area contributed by atoms with Gasteiger partial charge in [-0.05, 0) is 48.4 Å². The van der Waals surface area contributed by atoms with Gasteiger partial charge in [-0.2, -0.15) is 0 Å². The first kappa shape index (κ1) is 27.4. The second-order valence-electron chi connectivity index (χ2n) is 7.11. The molecule has 0 fully saturated rings. The number of nitrogens with one attached hydrogen (secondary N) is 2. The number of aliphatic carboxylic acids is 2. The fourth-order valence-electron chi connectivity index (χ4n) is 3.07. The van der Waals surface area contributed by atoms with Crippen molar-refractivity contribution in [3.8, 4) is 11.5 Å². The van der Waals surface area contributed by atoms with Crippen LogP contribution in [0.15, 0.2) is 66.9 Å². The minimum Gasteiger partial charge on any atom is -0.493 e. The number of hydrazine groups is 1. The molecule has 0 saturated heterocycles. The molecule has 12 nitrogen and oxygen atoms in total. The highest BCUT2D eigenvalue weighted by Gasteiger charge is 2.23. The third-order valence-electron chi connectivity index (χ3n) is 4.70. The van der Waals surface area contributed by atoms with Crippen molar-refractivity contribution in [2.45, 2.75) is 12.5 Å². The van der Waals surface area contributed by atoms with Crippen molar-refractivity contribution in [2.24, 2.45) is 0 Å². The topological polar surface area (TPSA) is 175 Å². The standard InChI is InChI=1S/C20H21N3O5.C4H4O4/c1-27-17-10-7-14(12-18(17)28-2)16-4-3-11-23(22-16)19(24)13-5-8-15(9-6-13)21-20(25)26;5-3(6)1-2-4(7)8/h3,5-12,16,21-22H,4H2,1-2H3,(H,25,26);1-2H,(H,5,6)(H,7,8). The normalized spacial score (nSPS) is 14.4. The summed E-state index contributed by atoms with van der Waals surface area (Å²) in [5.41, 5.74) is 4.98. The van der Waals surface area contributed by atoms with Crippen LogP contribution in [0.5, 0.6) is 11.5 Å². The number of anilines is 1. The number of amides is 2. The Kier molecular flexibility index (Phi) is 10.0. The van der Waals surface area contributed by atoms with Gasteiger partial charge < -0.3 is 24.8 Å². The Balaban J connectivity index is 0.000000493. The summed E-state index contributed by atoms with van der Waals surface area (Å²) in [5, 5.41) is 28.0. The summed E-state index contributed by atoms with van der Waals surface area (Å²) in [4.78, 5) is 42.5. The molecule has 0 radical (unpaired) electrons. The Labute approximate surface area is 206 Å². The van der Waals surface area contributed by atoms with Crippen LogP contribution in [0.2, 0.25) is 0 Å². The summed E-state index contributed by atoms with van der Waals surface area (Å²) >= 11 is 0.